The molecule has 2 aromatic heterocycles. The second-order valence-electron chi connectivity index (χ2n) is 9.29. The molecule has 7 rings (SSSR count). The van der Waals surface area contributed by atoms with E-state index in [0.717, 1.165) is 59.9 Å². The van der Waals surface area contributed by atoms with Crippen molar-refractivity contribution in [2.75, 3.05) is 13.2 Å². The standard InChI is InChI=1S/C20H25BN4O3/c26-4-3-25-21(28)15-10-23-19-14(1-2-22-19)17(15)18(24-25)16-12-5-11-6-13(16)9-20(27,7-11)8-12/h1-2,10-13,16,26-28H,3-9H2,(H,22,23)/t11?,12-,13+,16?,20?. The van der Waals surface area contributed by atoms with E-state index in [2.05, 4.69) is 9.97 Å². The number of nitrogens with zero attached hydrogens (tertiary/aromatic N) is 3. The summed E-state index contributed by atoms with van der Waals surface area (Å²) in [5.74, 6) is 1.77. The highest BCUT2D eigenvalue weighted by atomic mass is 16.3. The molecule has 5 aliphatic rings. The van der Waals surface area contributed by atoms with Gasteiger partial charge in [-0.1, -0.05) is 0 Å². The number of H-pyrrole nitrogens is 1. The fraction of sp³-hybridized carbons (Fsp3) is 0.600. The lowest BCUT2D eigenvalue weighted by molar-refractivity contribution is -0.138. The Balaban J connectivity index is 1.52. The van der Waals surface area contributed by atoms with Crippen molar-refractivity contribution in [3.8, 4) is 0 Å². The molecular formula is C20H25BN4O3. The first-order valence-corrected chi connectivity index (χ1v) is 10.4. The van der Waals surface area contributed by atoms with E-state index in [1.807, 2.05) is 12.3 Å². The highest BCUT2D eigenvalue weighted by molar-refractivity contribution is 6.66. The molecule has 3 heterocycles. The van der Waals surface area contributed by atoms with Crippen LogP contribution < -0.4 is 5.46 Å². The predicted octanol–water partition coefficient (Wildman–Crippen LogP) is 0.450. The summed E-state index contributed by atoms with van der Waals surface area (Å²) in [6, 6.07) is 2.01. The van der Waals surface area contributed by atoms with Gasteiger partial charge in [-0.05, 0) is 55.9 Å². The van der Waals surface area contributed by atoms with Gasteiger partial charge < -0.3 is 25.1 Å². The minimum absolute atomic E-state index is 0.0671. The molecule has 0 radical (unpaired) electrons. The summed E-state index contributed by atoms with van der Waals surface area (Å²) >= 11 is 0. The molecular weight excluding hydrogens is 355 g/mol. The number of aliphatic hydroxyl groups is 2. The van der Waals surface area contributed by atoms with Gasteiger partial charge in [-0.15, -0.1) is 0 Å². The van der Waals surface area contributed by atoms with Crippen LogP contribution in [-0.4, -0.2) is 61.6 Å². The molecule has 4 N–H and O–H groups in total. The van der Waals surface area contributed by atoms with Gasteiger partial charge in [0.25, 0.3) is 0 Å². The van der Waals surface area contributed by atoms with Crippen molar-refractivity contribution in [2.45, 2.75) is 37.7 Å². The molecule has 7 nitrogen and oxygen atoms in total. The first kappa shape index (κ1) is 17.0. The van der Waals surface area contributed by atoms with Crippen molar-refractivity contribution in [1.82, 2.24) is 14.9 Å². The van der Waals surface area contributed by atoms with Crippen molar-refractivity contribution < 1.29 is 15.2 Å². The Bertz CT molecular complexity index is 960. The van der Waals surface area contributed by atoms with E-state index in [-0.39, 0.29) is 19.1 Å². The van der Waals surface area contributed by atoms with E-state index >= 15 is 0 Å². The number of fused-ring (bicyclic) bond motifs is 3. The second-order valence-corrected chi connectivity index (χ2v) is 9.29. The van der Waals surface area contributed by atoms with Crippen LogP contribution in [0.25, 0.3) is 11.0 Å². The Morgan fingerprint density at radius 3 is 2.75 bits per heavy atom. The van der Waals surface area contributed by atoms with Crippen LogP contribution in [-0.2, 0) is 0 Å². The second kappa shape index (κ2) is 5.81. The van der Waals surface area contributed by atoms with E-state index in [1.54, 1.807) is 11.1 Å². The smallest absolute Gasteiger partial charge is 0.428 e. The maximum atomic E-state index is 11.0. The van der Waals surface area contributed by atoms with Gasteiger partial charge in [-0.2, -0.15) is 5.10 Å². The minimum atomic E-state index is -0.904. The lowest BCUT2D eigenvalue weighted by atomic mass is 9.48. The van der Waals surface area contributed by atoms with Gasteiger partial charge in [-0.3, -0.25) is 0 Å². The number of β-amino-alcohol motifs (C(OH)–C–C–N with tert-alkyl or cyclic N) is 1. The van der Waals surface area contributed by atoms with E-state index in [1.165, 1.54) is 0 Å². The zero-order chi connectivity index (χ0) is 19.0. The van der Waals surface area contributed by atoms with Crippen molar-refractivity contribution in [2.24, 2.45) is 28.8 Å². The Kier molecular flexibility index (Phi) is 3.53. The molecule has 0 aromatic carbocycles. The third kappa shape index (κ3) is 2.28. The molecule has 146 valence electrons. The summed E-state index contributed by atoms with van der Waals surface area (Å²) in [6.45, 7) is 0.215. The molecule has 4 aliphatic carbocycles. The molecule has 4 saturated carbocycles. The van der Waals surface area contributed by atoms with Gasteiger partial charge in [0.15, 0.2) is 0 Å². The number of pyridine rings is 1. The van der Waals surface area contributed by atoms with Gasteiger partial charge >= 0.3 is 7.05 Å². The fourth-order valence-electron chi connectivity index (χ4n) is 6.84. The van der Waals surface area contributed by atoms with Crippen LogP contribution in [0.4, 0.5) is 0 Å². The van der Waals surface area contributed by atoms with Crippen molar-refractivity contribution in [3.05, 3.63) is 24.0 Å². The first-order chi connectivity index (χ1) is 13.6. The van der Waals surface area contributed by atoms with Gasteiger partial charge in [0, 0.05) is 41.3 Å². The number of aromatic nitrogens is 2. The largest absolute Gasteiger partial charge is 0.468 e. The summed E-state index contributed by atoms with van der Waals surface area (Å²) in [4.78, 5) is 9.25. The molecule has 0 amide bonds. The topological polar surface area (TPSA) is 105 Å². The summed E-state index contributed by atoms with van der Waals surface area (Å²) in [6.07, 6.45) is 8.58. The third-order valence-electron chi connectivity index (χ3n) is 7.55. The predicted molar refractivity (Wildman–Crippen MR) is 106 cm³/mol. The molecule has 1 aliphatic heterocycles. The number of hydrazone groups is 1. The Labute approximate surface area is 163 Å². The van der Waals surface area contributed by atoms with Crippen LogP contribution in [0.15, 0.2) is 23.6 Å². The number of hydrogen-bond donors (Lipinski definition) is 4. The molecule has 28 heavy (non-hydrogen) atoms. The summed E-state index contributed by atoms with van der Waals surface area (Å²) in [7, 11) is -0.904. The normalized spacial score (nSPS) is 36.2. The quantitative estimate of drug-likeness (QED) is 0.579. The molecule has 2 aromatic rings. The molecule has 5 atom stereocenters. The molecule has 3 unspecified atom stereocenters. The zero-order valence-corrected chi connectivity index (χ0v) is 15.8. The van der Waals surface area contributed by atoms with Crippen LogP contribution in [0.1, 0.15) is 37.7 Å². The van der Waals surface area contributed by atoms with Crippen LogP contribution in [0.2, 0.25) is 0 Å². The SMILES string of the molecule is OCCN1N=C(C2[C@@H]3CC4C[C@H]2CC(O)(C4)C3)c2c(cnc3[nH]ccc23)B1O. The Hall–Kier alpha value is -1.90. The molecule has 4 bridgehead atoms. The number of aromatic amines is 1. The van der Waals surface area contributed by atoms with E-state index in [9.17, 15) is 15.2 Å². The number of rotatable bonds is 3. The maximum absolute atomic E-state index is 11.0. The monoisotopic (exact) mass is 380 g/mol. The van der Waals surface area contributed by atoms with Gasteiger partial charge in [0.1, 0.15) is 5.65 Å². The Morgan fingerprint density at radius 2 is 2.04 bits per heavy atom. The average molecular weight is 380 g/mol. The highest BCUT2D eigenvalue weighted by Crippen LogP contribution is 2.59. The van der Waals surface area contributed by atoms with Crippen LogP contribution in [0.3, 0.4) is 0 Å². The van der Waals surface area contributed by atoms with Crippen LogP contribution >= 0.6 is 0 Å². The van der Waals surface area contributed by atoms with Crippen molar-refractivity contribution in [3.63, 3.8) is 0 Å². The minimum Gasteiger partial charge on any atom is -0.428 e. The molecule has 0 spiro atoms. The fourth-order valence-corrected chi connectivity index (χ4v) is 6.84. The van der Waals surface area contributed by atoms with Gasteiger partial charge in [-0.25, -0.2) is 4.98 Å². The number of nitrogens with one attached hydrogen (secondary N) is 1. The number of aliphatic hydroxyl groups excluding tert-OH is 1. The van der Waals surface area contributed by atoms with Crippen LogP contribution in [0.5, 0.6) is 0 Å². The summed E-state index contributed by atoms with van der Waals surface area (Å²) in [5, 5.41) is 37.2. The van der Waals surface area contributed by atoms with E-state index in [0.29, 0.717) is 17.8 Å². The van der Waals surface area contributed by atoms with Crippen molar-refractivity contribution in [1.29, 1.82) is 0 Å². The van der Waals surface area contributed by atoms with E-state index < -0.39 is 12.7 Å². The maximum Gasteiger partial charge on any atom is 0.468 e. The third-order valence-corrected chi connectivity index (χ3v) is 7.55. The Morgan fingerprint density at radius 1 is 1.25 bits per heavy atom. The van der Waals surface area contributed by atoms with Crippen LogP contribution in [0, 0.1) is 23.7 Å². The molecule has 4 fully saturated rings. The zero-order valence-electron chi connectivity index (χ0n) is 15.8. The lowest BCUT2D eigenvalue weighted by Gasteiger charge is -2.58. The highest BCUT2D eigenvalue weighted by Gasteiger charge is 2.57. The van der Waals surface area contributed by atoms with Gasteiger partial charge in [0.05, 0.1) is 17.9 Å². The van der Waals surface area contributed by atoms with Crippen molar-refractivity contribution >= 4 is 29.3 Å². The number of hydrogen-bond acceptors (Lipinski definition) is 6. The van der Waals surface area contributed by atoms with E-state index in [4.69, 9.17) is 5.10 Å². The molecule has 8 heteroatoms. The lowest BCUT2D eigenvalue weighted by Crippen LogP contribution is -2.59. The average Bonchev–Trinajstić information content (AvgIpc) is 3.12. The molecule has 0 saturated heterocycles. The summed E-state index contributed by atoms with van der Waals surface area (Å²) in [5.41, 5.74) is 3.09. The van der Waals surface area contributed by atoms with Gasteiger partial charge in [0.2, 0.25) is 0 Å². The first-order valence-electron chi connectivity index (χ1n) is 10.4. The summed E-state index contributed by atoms with van der Waals surface area (Å²) < 4.78 is 0.